The van der Waals surface area contributed by atoms with E-state index in [2.05, 4.69) is 50.6 Å². The molecule has 1 saturated carbocycles. The van der Waals surface area contributed by atoms with Gasteiger partial charge in [-0.1, -0.05) is 27.7 Å². The largest absolute Gasteiger partial charge is 0.368 e. The van der Waals surface area contributed by atoms with E-state index in [1.165, 1.54) is 37.9 Å². The number of nitrogens with zero attached hydrogens (tertiary/aromatic N) is 1. The monoisotopic (exact) mass is 287 g/mol. The zero-order valence-electron chi connectivity index (χ0n) is 14.0. The Hall–Kier alpha value is -0.760. The van der Waals surface area contributed by atoms with E-state index in [1.807, 2.05) is 0 Å². The second-order valence-electron chi connectivity index (χ2n) is 8.92. The second-order valence-corrected chi connectivity index (χ2v) is 8.92. The molecule has 4 rings (SSSR count). The van der Waals surface area contributed by atoms with E-state index < -0.39 is 0 Å². The van der Waals surface area contributed by atoms with Crippen LogP contribution in [-0.4, -0.2) is 11.2 Å². The molecule has 2 nitrogen and oxygen atoms in total. The van der Waals surface area contributed by atoms with Crippen LogP contribution in [0.1, 0.15) is 59.1 Å². The van der Waals surface area contributed by atoms with Gasteiger partial charge < -0.3 is 9.30 Å². The first-order valence-electron chi connectivity index (χ1n) is 8.66. The summed E-state index contributed by atoms with van der Waals surface area (Å²) in [6, 6.07) is 4.53. The lowest BCUT2D eigenvalue weighted by Crippen LogP contribution is -2.50. The molecule has 1 saturated heterocycles. The third-order valence-corrected chi connectivity index (χ3v) is 7.09. The van der Waals surface area contributed by atoms with E-state index in [0.717, 1.165) is 18.4 Å². The highest BCUT2D eigenvalue weighted by Gasteiger charge is 2.62. The summed E-state index contributed by atoms with van der Waals surface area (Å²) in [5.41, 5.74) is 2.18. The highest BCUT2D eigenvalue weighted by atomic mass is 16.5. The molecule has 1 aromatic heterocycles. The van der Waals surface area contributed by atoms with Crippen molar-refractivity contribution in [1.29, 1.82) is 0 Å². The molecule has 0 aromatic carbocycles. The van der Waals surface area contributed by atoms with Gasteiger partial charge in [0.05, 0.1) is 5.69 Å². The van der Waals surface area contributed by atoms with Gasteiger partial charge in [0.2, 0.25) is 0 Å². The van der Waals surface area contributed by atoms with Gasteiger partial charge in [0.25, 0.3) is 0 Å². The molecule has 0 spiro atoms. The first-order valence-corrected chi connectivity index (χ1v) is 8.66. The first kappa shape index (κ1) is 13.9. The molecule has 21 heavy (non-hydrogen) atoms. The van der Waals surface area contributed by atoms with Crippen molar-refractivity contribution < 1.29 is 4.74 Å². The van der Waals surface area contributed by atoms with E-state index in [9.17, 15) is 0 Å². The molecule has 1 unspecified atom stereocenters. The van der Waals surface area contributed by atoms with Gasteiger partial charge in [-0.25, -0.2) is 0 Å². The lowest BCUT2D eigenvalue weighted by Gasteiger charge is -2.50. The summed E-state index contributed by atoms with van der Waals surface area (Å²) < 4.78 is 9.01. The van der Waals surface area contributed by atoms with E-state index in [4.69, 9.17) is 4.74 Å². The summed E-state index contributed by atoms with van der Waals surface area (Å²) in [4.78, 5) is 0. The van der Waals surface area contributed by atoms with Crippen molar-refractivity contribution in [2.75, 3.05) is 6.61 Å². The fourth-order valence-corrected chi connectivity index (χ4v) is 5.53. The van der Waals surface area contributed by atoms with Gasteiger partial charge in [-0.3, -0.25) is 0 Å². The van der Waals surface area contributed by atoms with Crippen LogP contribution >= 0.6 is 0 Å². The van der Waals surface area contributed by atoms with Gasteiger partial charge in [-0.05, 0) is 55.1 Å². The average Bonchev–Trinajstić information content (AvgIpc) is 2.96. The standard InChI is InChI=1S/C19H29NO/c1-17(2,3)14-7-8-19-16-6-5-10-20(16)13-15(12-14)18(19,4)9-11-21-19/h5-6,10,14-15H,7-9,11-13H2,1-4H3/t14-,15-,18?,19-/m1/s1. The molecule has 2 aliphatic heterocycles. The third kappa shape index (κ3) is 1.69. The predicted molar refractivity (Wildman–Crippen MR) is 85.1 cm³/mol. The Morgan fingerprint density at radius 2 is 2.10 bits per heavy atom. The highest BCUT2D eigenvalue weighted by Crippen LogP contribution is 2.64. The van der Waals surface area contributed by atoms with Crippen LogP contribution < -0.4 is 0 Å². The van der Waals surface area contributed by atoms with Crippen molar-refractivity contribution >= 4 is 0 Å². The third-order valence-electron chi connectivity index (χ3n) is 7.09. The Balaban J connectivity index is 1.83. The van der Waals surface area contributed by atoms with Crippen LogP contribution in [0.25, 0.3) is 0 Å². The van der Waals surface area contributed by atoms with Crippen LogP contribution in [0.2, 0.25) is 0 Å². The predicted octanol–water partition coefficient (Wildman–Crippen LogP) is 4.59. The van der Waals surface area contributed by atoms with Crippen LogP contribution in [0, 0.1) is 22.7 Å². The van der Waals surface area contributed by atoms with Crippen LogP contribution in [0.15, 0.2) is 18.3 Å². The van der Waals surface area contributed by atoms with Gasteiger partial charge >= 0.3 is 0 Å². The van der Waals surface area contributed by atoms with Crippen molar-refractivity contribution in [1.82, 2.24) is 4.57 Å². The van der Waals surface area contributed by atoms with Gasteiger partial charge in [0, 0.05) is 24.8 Å². The summed E-state index contributed by atoms with van der Waals surface area (Å²) in [5.74, 6) is 1.57. The SMILES string of the molecule is CC(C)(C)[C@@H]1CC[C@]23OCCC2(C)[C@H](C1)Cn1cccc13. The quantitative estimate of drug-likeness (QED) is 0.681. The minimum Gasteiger partial charge on any atom is -0.368 e. The molecule has 3 aliphatic rings. The molecule has 1 aromatic rings. The summed E-state index contributed by atoms with van der Waals surface area (Å²) in [6.45, 7) is 11.9. The van der Waals surface area contributed by atoms with Gasteiger partial charge in [-0.2, -0.15) is 0 Å². The van der Waals surface area contributed by atoms with Crippen molar-refractivity contribution in [2.24, 2.45) is 22.7 Å². The fourth-order valence-electron chi connectivity index (χ4n) is 5.53. The Kier molecular flexibility index (Phi) is 2.75. The molecule has 2 heteroatoms. The maximum atomic E-state index is 6.52. The zero-order chi connectivity index (χ0) is 14.9. The Labute approximate surface area is 128 Å². The molecule has 0 N–H and O–H groups in total. The fraction of sp³-hybridized carbons (Fsp3) is 0.789. The smallest absolute Gasteiger partial charge is 0.114 e. The normalized spacial score (nSPS) is 42.3. The minimum atomic E-state index is -0.0145. The number of fused-ring (bicyclic) bond motifs is 1. The van der Waals surface area contributed by atoms with E-state index in [1.54, 1.807) is 0 Å². The number of ether oxygens (including phenoxy) is 1. The Morgan fingerprint density at radius 3 is 2.86 bits per heavy atom. The summed E-state index contributed by atoms with van der Waals surface area (Å²) in [6.07, 6.45) is 7.37. The molecule has 2 fully saturated rings. The van der Waals surface area contributed by atoms with Crippen molar-refractivity contribution in [3.05, 3.63) is 24.0 Å². The average molecular weight is 287 g/mol. The summed E-state index contributed by atoms with van der Waals surface area (Å²) >= 11 is 0. The minimum absolute atomic E-state index is 0.0145. The zero-order valence-corrected chi connectivity index (χ0v) is 14.0. The topological polar surface area (TPSA) is 14.2 Å². The number of hydrogen-bond acceptors (Lipinski definition) is 1. The number of aromatic nitrogens is 1. The molecule has 116 valence electrons. The molecular formula is C19H29NO. The highest BCUT2D eigenvalue weighted by molar-refractivity contribution is 5.27. The molecule has 1 aliphatic carbocycles. The van der Waals surface area contributed by atoms with Crippen molar-refractivity contribution in [3.63, 3.8) is 0 Å². The number of rotatable bonds is 0. The van der Waals surface area contributed by atoms with Crippen molar-refractivity contribution in [2.45, 2.75) is 65.5 Å². The molecule has 4 atom stereocenters. The van der Waals surface area contributed by atoms with Gasteiger partial charge in [-0.15, -0.1) is 0 Å². The maximum Gasteiger partial charge on any atom is 0.114 e. The van der Waals surface area contributed by atoms with Crippen LogP contribution in [-0.2, 0) is 16.9 Å². The molecule has 0 amide bonds. The lowest BCUT2D eigenvalue weighted by molar-refractivity contribution is -0.110. The molecule has 3 heterocycles. The van der Waals surface area contributed by atoms with E-state index in [-0.39, 0.29) is 5.60 Å². The van der Waals surface area contributed by atoms with Gasteiger partial charge in [0.15, 0.2) is 0 Å². The van der Waals surface area contributed by atoms with Crippen molar-refractivity contribution in [3.8, 4) is 0 Å². The molecule has 0 radical (unpaired) electrons. The van der Waals surface area contributed by atoms with E-state index in [0.29, 0.717) is 10.8 Å². The van der Waals surface area contributed by atoms with Crippen LogP contribution in [0.4, 0.5) is 0 Å². The Bertz CT molecular complexity index is 554. The maximum absolute atomic E-state index is 6.52. The molecular weight excluding hydrogens is 258 g/mol. The second kappa shape index (κ2) is 4.16. The summed E-state index contributed by atoms with van der Waals surface area (Å²) in [5, 5.41) is 0. The van der Waals surface area contributed by atoms with E-state index >= 15 is 0 Å². The number of hydrogen-bond donors (Lipinski definition) is 0. The van der Waals surface area contributed by atoms with Crippen LogP contribution in [0.3, 0.4) is 0 Å². The summed E-state index contributed by atoms with van der Waals surface area (Å²) in [7, 11) is 0. The lowest BCUT2D eigenvalue weighted by atomic mass is 9.60. The van der Waals surface area contributed by atoms with Crippen LogP contribution in [0.5, 0.6) is 0 Å². The Morgan fingerprint density at radius 1 is 1.29 bits per heavy atom. The molecule has 2 bridgehead atoms. The first-order chi connectivity index (χ1) is 9.87. The van der Waals surface area contributed by atoms with Gasteiger partial charge in [0.1, 0.15) is 5.60 Å².